The van der Waals surface area contributed by atoms with Gasteiger partial charge in [0.2, 0.25) is 0 Å². The second-order valence-corrected chi connectivity index (χ2v) is 23.8. The molecule has 0 amide bonds. The van der Waals surface area contributed by atoms with E-state index in [1.807, 2.05) is 0 Å². The van der Waals surface area contributed by atoms with Crippen LogP contribution >= 0.6 is 0 Å². The molecule has 1 aliphatic heterocycles. The van der Waals surface area contributed by atoms with Gasteiger partial charge in [-0.15, -0.1) is 0 Å². The Labute approximate surface area is 518 Å². The van der Waals surface area contributed by atoms with Gasteiger partial charge in [0, 0.05) is 19.3 Å². The maximum atomic E-state index is 13.2. The maximum Gasteiger partial charge on any atom is 0.335 e. The number of carbonyl (C=O) groups excluding carboxylic acids is 3. The monoisotopic (exact) mass is 1190 g/mol. The van der Waals surface area contributed by atoms with Crippen molar-refractivity contribution in [1.82, 2.24) is 0 Å². The van der Waals surface area contributed by atoms with Gasteiger partial charge in [0.05, 0.1) is 6.61 Å². The number of aliphatic carboxylic acids is 1. The molecule has 0 aromatic rings. The molecular formula is C73H126O12. The lowest BCUT2D eigenvalue weighted by atomic mass is 9.98. The van der Waals surface area contributed by atoms with Crippen LogP contribution in [-0.2, 0) is 42.9 Å². The highest BCUT2D eigenvalue weighted by molar-refractivity contribution is 5.74. The minimum atomic E-state index is -1.91. The summed E-state index contributed by atoms with van der Waals surface area (Å²) < 4.78 is 28.6. The van der Waals surface area contributed by atoms with Gasteiger partial charge in [0.25, 0.3) is 0 Å². The van der Waals surface area contributed by atoms with Crippen molar-refractivity contribution < 1.29 is 58.2 Å². The van der Waals surface area contributed by atoms with E-state index in [9.17, 15) is 34.5 Å². The van der Waals surface area contributed by atoms with Gasteiger partial charge in [-0.1, -0.05) is 280 Å². The van der Waals surface area contributed by atoms with E-state index in [-0.39, 0.29) is 25.9 Å². The van der Waals surface area contributed by atoms with Gasteiger partial charge >= 0.3 is 23.9 Å². The molecule has 0 aromatic carbocycles. The molecule has 1 heterocycles. The van der Waals surface area contributed by atoms with Crippen LogP contribution in [0.2, 0.25) is 0 Å². The summed E-state index contributed by atoms with van der Waals surface area (Å²) in [4.78, 5) is 51.5. The van der Waals surface area contributed by atoms with E-state index in [0.717, 1.165) is 122 Å². The number of hydrogen-bond acceptors (Lipinski definition) is 11. The number of carboxylic acids is 1. The first kappa shape index (κ1) is 79.2. The third kappa shape index (κ3) is 49.8. The van der Waals surface area contributed by atoms with Crippen LogP contribution in [-0.4, -0.2) is 89.2 Å². The molecule has 6 atom stereocenters. The van der Waals surface area contributed by atoms with Gasteiger partial charge in [-0.3, -0.25) is 14.4 Å². The molecule has 1 rings (SSSR count). The Morgan fingerprint density at radius 2 is 0.741 bits per heavy atom. The minimum absolute atomic E-state index is 0.0544. The first-order chi connectivity index (χ1) is 41.6. The minimum Gasteiger partial charge on any atom is -0.479 e. The smallest absolute Gasteiger partial charge is 0.335 e. The van der Waals surface area contributed by atoms with Crippen LogP contribution in [0.5, 0.6) is 0 Å². The number of esters is 3. The Morgan fingerprint density at radius 3 is 1.15 bits per heavy atom. The third-order valence-corrected chi connectivity index (χ3v) is 15.8. The zero-order chi connectivity index (χ0) is 61.7. The average molecular weight is 1200 g/mol. The quantitative estimate of drug-likeness (QED) is 0.0228. The fourth-order valence-electron chi connectivity index (χ4n) is 10.5. The molecule has 6 unspecified atom stereocenters. The van der Waals surface area contributed by atoms with Crippen LogP contribution in [0.1, 0.15) is 316 Å². The van der Waals surface area contributed by atoms with Crippen molar-refractivity contribution in [2.24, 2.45) is 0 Å². The SMILES string of the molecule is CC/C=C\C/C=C\C/C=C\C/C=C\CCCCCCCCC(=O)OCC(COC1OC(C(=O)O)C(O)C(O)C1OC(=O)CCCCCCCCCCC/C=C\C/C=C\CCCCC)OC(=O)CCCCCCCCCCCCCCCCCCC. The first-order valence-corrected chi connectivity index (χ1v) is 34.9. The van der Waals surface area contributed by atoms with Gasteiger partial charge < -0.3 is 39.0 Å². The summed E-state index contributed by atoms with van der Waals surface area (Å²) in [6, 6.07) is 0. The molecule has 1 saturated heterocycles. The zero-order valence-electron chi connectivity index (χ0n) is 54.3. The number of ether oxygens (including phenoxy) is 5. The van der Waals surface area contributed by atoms with Crippen LogP contribution in [0.15, 0.2) is 72.9 Å². The highest BCUT2D eigenvalue weighted by atomic mass is 16.7. The molecule has 85 heavy (non-hydrogen) atoms. The van der Waals surface area contributed by atoms with Gasteiger partial charge in [0.15, 0.2) is 24.6 Å². The van der Waals surface area contributed by atoms with E-state index in [4.69, 9.17) is 23.7 Å². The molecule has 0 spiro atoms. The summed E-state index contributed by atoms with van der Waals surface area (Å²) in [7, 11) is 0. The topological polar surface area (TPSA) is 175 Å². The highest BCUT2D eigenvalue weighted by Gasteiger charge is 2.50. The lowest BCUT2D eigenvalue weighted by molar-refractivity contribution is -0.301. The van der Waals surface area contributed by atoms with Crippen molar-refractivity contribution in [3.05, 3.63) is 72.9 Å². The Bertz CT molecular complexity index is 1750. The molecule has 490 valence electrons. The van der Waals surface area contributed by atoms with Gasteiger partial charge in [-0.2, -0.15) is 0 Å². The number of carboxylic acid groups (broad SMARTS) is 1. The average Bonchev–Trinajstić information content (AvgIpc) is 3.51. The van der Waals surface area contributed by atoms with Crippen molar-refractivity contribution >= 4 is 23.9 Å². The Hall–Kier alpha value is -3.84. The van der Waals surface area contributed by atoms with Crippen molar-refractivity contribution in [2.45, 2.75) is 353 Å². The van der Waals surface area contributed by atoms with Crippen LogP contribution in [0.25, 0.3) is 0 Å². The van der Waals surface area contributed by atoms with E-state index in [1.165, 1.54) is 135 Å². The summed E-state index contributed by atoms with van der Waals surface area (Å²) in [5.74, 6) is -3.12. The molecule has 0 aromatic heterocycles. The van der Waals surface area contributed by atoms with Gasteiger partial charge in [-0.05, 0) is 89.9 Å². The molecule has 0 bridgehead atoms. The molecule has 12 heteroatoms. The predicted octanol–water partition coefficient (Wildman–Crippen LogP) is 19.2. The Kier molecular flexibility index (Phi) is 56.3. The summed E-state index contributed by atoms with van der Waals surface area (Å²) in [5, 5.41) is 31.7. The number of aliphatic hydroxyl groups is 2. The van der Waals surface area contributed by atoms with Crippen LogP contribution in [0.3, 0.4) is 0 Å². The predicted molar refractivity (Wildman–Crippen MR) is 349 cm³/mol. The Balaban J connectivity index is 2.64. The van der Waals surface area contributed by atoms with E-state index in [0.29, 0.717) is 19.3 Å². The van der Waals surface area contributed by atoms with E-state index in [1.54, 1.807) is 0 Å². The van der Waals surface area contributed by atoms with E-state index in [2.05, 4.69) is 93.7 Å². The Morgan fingerprint density at radius 1 is 0.400 bits per heavy atom. The van der Waals surface area contributed by atoms with Crippen molar-refractivity contribution in [3.63, 3.8) is 0 Å². The zero-order valence-corrected chi connectivity index (χ0v) is 54.3. The third-order valence-electron chi connectivity index (χ3n) is 15.8. The molecule has 3 N–H and O–H groups in total. The summed E-state index contributed by atoms with van der Waals surface area (Å²) >= 11 is 0. The van der Waals surface area contributed by atoms with Crippen LogP contribution in [0.4, 0.5) is 0 Å². The second kappa shape index (κ2) is 60.4. The van der Waals surface area contributed by atoms with Crippen molar-refractivity contribution in [3.8, 4) is 0 Å². The molecule has 12 nitrogen and oxygen atoms in total. The molecular weight excluding hydrogens is 1070 g/mol. The largest absolute Gasteiger partial charge is 0.479 e. The van der Waals surface area contributed by atoms with Crippen LogP contribution < -0.4 is 0 Å². The molecule has 1 fully saturated rings. The maximum absolute atomic E-state index is 13.2. The normalized spacial score (nSPS) is 17.9. The number of hydrogen-bond donors (Lipinski definition) is 3. The lowest BCUT2D eigenvalue weighted by Crippen LogP contribution is -2.61. The number of allylic oxidation sites excluding steroid dienone is 12. The van der Waals surface area contributed by atoms with Gasteiger partial charge in [-0.25, -0.2) is 4.79 Å². The molecule has 1 aliphatic rings. The second-order valence-electron chi connectivity index (χ2n) is 23.8. The van der Waals surface area contributed by atoms with E-state index >= 15 is 0 Å². The number of unbranched alkanes of at least 4 members (excludes halogenated alkanes) is 34. The molecule has 0 saturated carbocycles. The fraction of sp³-hybridized carbons (Fsp3) is 0.781. The summed E-state index contributed by atoms with van der Waals surface area (Å²) in [6.07, 6.45) is 65.6. The fourth-order valence-corrected chi connectivity index (χ4v) is 10.5. The van der Waals surface area contributed by atoms with Crippen molar-refractivity contribution in [2.75, 3.05) is 13.2 Å². The molecule has 0 aliphatic carbocycles. The van der Waals surface area contributed by atoms with E-state index < -0.39 is 67.3 Å². The molecule has 0 radical (unpaired) electrons. The van der Waals surface area contributed by atoms with Gasteiger partial charge in [0.1, 0.15) is 18.8 Å². The van der Waals surface area contributed by atoms with Crippen molar-refractivity contribution in [1.29, 1.82) is 0 Å². The summed E-state index contributed by atoms with van der Waals surface area (Å²) in [5.41, 5.74) is 0. The standard InChI is InChI=1S/C73H126O12/c1-4-7-10-13-16-19-22-25-28-31-33-36-38-41-44-47-50-53-56-59-65(74)81-62-64(83-66(75)60-57-54-51-48-45-42-39-35-30-27-24-21-18-15-12-9-6-3)63-82-73-71(69(78)68(77)70(85-73)72(79)80)84-67(76)61-58-55-52-49-46-43-40-37-34-32-29-26-23-20-17-14-11-8-5-2/h7,10,16-17,19-20,25-26,28-29,33,36,64,68-71,73,77-78H,4-6,8-9,11-15,18,21-24,27,30-32,34-35,37-63H2,1-3H3,(H,79,80)/b10-7-,19-16-,20-17-,28-25-,29-26-,36-33-. The lowest BCUT2D eigenvalue weighted by Gasteiger charge is -2.40. The summed E-state index contributed by atoms with van der Waals surface area (Å²) in [6.45, 7) is 5.90. The first-order valence-electron chi connectivity index (χ1n) is 34.9. The number of aliphatic hydroxyl groups excluding tert-OH is 2. The number of carbonyl (C=O) groups is 4. The highest BCUT2D eigenvalue weighted by Crippen LogP contribution is 2.27. The number of rotatable bonds is 60. The van der Waals surface area contributed by atoms with Crippen LogP contribution in [0, 0.1) is 0 Å².